The van der Waals surface area contributed by atoms with E-state index in [-0.39, 0.29) is 26.8 Å². The predicted molar refractivity (Wildman–Crippen MR) is 75.6 cm³/mol. The summed E-state index contributed by atoms with van der Waals surface area (Å²) < 4.78 is 0. The van der Waals surface area contributed by atoms with Crippen LogP contribution in [-0.4, -0.2) is 0 Å². The third-order valence-corrected chi connectivity index (χ3v) is 3.17. The van der Waals surface area contributed by atoms with Gasteiger partial charge in [-0.1, -0.05) is 35.4 Å². The molecule has 4 rings (SSSR count). The van der Waals surface area contributed by atoms with E-state index in [9.17, 15) is 0 Å². The zero-order valence-corrected chi connectivity index (χ0v) is 12.6. The SMILES string of the molecule is [Cr+4].[F-].[F-].[c-]1cccc2c1Cc1ccccc1-2.c1cc[cH-]c1. The Morgan fingerprint density at radius 3 is 2.14 bits per heavy atom. The monoisotopic (exact) mass is 320 g/mol. The van der Waals surface area contributed by atoms with E-state index in [1.165, 1.54) is 22.3 Å². The number of rotatable bonds is 0. The van der Waals surface area contributed by atoms with E-state index in [1.54, 1.807) is 0 Å². The van der Waals surface area contributed by atoms with Gasteiger partial charge in [-0.2, -0.15) is 48.0 Å². The van der Waals surface area contributed by atoms with Gasteiger partial charge in [0.15, 0.2) is 0 Å². The van der Waals surface area contributed by atoms with Gasteiger partial charge in [-0.15, -0.1) is 5.56 Å². The van der Waals surface area contributed by atoms with Crippen LogP contribution in [0.2, 0.25) is 0 Å². The third-order valence-electron chi connectivity index (χ3n) is 3.17. The molecule has 0 aliphatic heterocycles. The van der Waals surface area contributed by atoms with Crippen LogP contribution in [0.15, 0.2) is 72.8 Å². The molecule has 0 nitrogen and oxygen atoms in total. The zero-order chi connectivity index (χ0) is 12.2. The first-order valence-corrected chi connectivity index (χ1v) is 6.20. The maximum Gasteiger partial charge on any atom is 4.00 e. The molecular weight excluding hydrogens is 306 g/mol. The van der Waals surface area contributed by atoms with E-state index < -0.39 is 0 Å². The van der Waals surface area contributed by atoms with E-state index in [4.69, 9.17) is 0 Å². The van der Waals surface area contributed by atoms with Gasteiger partial charge in [-0.3, -0.25) is 0 Å². The van der Waals surface area contributed by atoms with Gasteiger partial charge in [0, 0.05) is 0 Å². The Labute approximate surface area is 134 Å². The molecule has 0 N–H and O–H groups in total. The fraction of sp³-hybridized carbons (Fsp3) is 0.0556. The summed E-state index contributed by atoms with van der Waals surface area (Å²) in [4.78, 5) is 0. The molecule has 0 aromatic heterocycles. The first-order chi connectivity index (χ1) is 8.95. The maximum atomic E-state index is 3.30. The Kier molecular flexibility index (Phi) is 8.39. The van der Waals surface area contributed by atoms with Crippen molar-refractivity contribution < 1.29 is 26.8 Å². The second kappa shape index (κ2) is 9.18. The summed E-state index contributed by atoms with van der Waals surface area (Å²) >= 11 is 0. The van der Waals surface area contributed by atoms with Crippen molar-refractivity contribution in [1.82, 2.24) is 0 Å². The quantitative estimate of drug-likeness (QED) is 0.345. The average Bonchev–Trinajstić information content (AvgIpc) is 3.10. The summed E-state index contributed by atoms with van der Waals surface area (Å²) in [5.41, 5.74) is 5.51. The molecule has 0 fully saturated rings. The number of hydrogen-bond donors (Lipinski definition) is 0. The Balaban J connectivity index is 0.000000437. The topological polar surface area (TPSA) is 0 Å². The molecule has 0 amide bonds. The van der Waals surface area contributed by atoms with Gasteiger partial charge >= 0.3 is 17.4 Å². The van der Waals surface area contributed by atoms with E-state index in [1.807, 2.05) is 36.4 Å². The van der Waals surface area contributed by atoms with Crippen molar-refractivity contribution >= 4 is 0 Å². The van der Waals surface area contributed by atoms with Crippen LogP contribution in [0.3, 0.4) is 0 Å². The van der Waals surface area contributed by atoms with Crippen molar-refractivity contribution in [2.45, 2.75) is 6.42 Å². The largest absolute Gasteiger partial charge is 4.00 e. The maximum absolute atomic E-state index is 3.30. The summed E-state index contributed by atoms with van der Waals surface area (Å²) in [5, 5.41) is 0. The summed E-state index contributed by atoms with van der Waals surface area (Å²) in [5.74, 6) is 0. The normalized spacial score (nSPS) is 9.52. The molecule has 0 bridgehead atoms. The van der Waals surface area contributed by atoms with Crippen LogP contribution >= 0.6 is 0 Å². The summed E-state index contributed by atoms with van der Waals surface area (Å²) in [6, 6.07) is 28.1. The van der Waals surface area contributed by atoms with Crippen LogP contribution in [0, 0.1) is 6.07 Å². The van der Waals surface area contributed by atoms with E-state index in [0.29, 0.717) is 0 Å². The number of halogens is 2. The van der Waals surface area contributed by atoms with Gasteiger partial charge in [0.25, 0.3) is 0 Å². The molecule has 0 atom stereocenters. The van der Waals surface area contributed by atoms with Crippen LogP contribution < -0.4 is 9.41 Å². The first kappa shape index (κ1) is 19.2. The van der Waals surface area contributed by atoms with Crippen molar-refractivity contribution in [3.05, 3.63) is 90.0 Å². The molecule has 0 saturated heterocycles. The molecule has 0 heterocycles. The minimum absolute atomic E-state index is 0. The Bertz CT molecular complexity index is 573. The van der Waals surface area contributed by atoms with Crippen molar-refractivity contribution in [3.8, 4) is 11.1 Å². The van der Waals surface area contributed by atoms with E-state index in [2.05, 4.69) is 42.5 Å². The van der Waals surface area contributed by atoms with Crippen LogP contribution in [0.25, 0.3) is 11.1 Å². The molecular formula is C18H14CrF2. The minimum atomic E-state index is 0. The fourth-order valence-corrected chi connectivity index (χ4v) is 2.32. The van der Waals surface area contributed by atoms with Crippen molar-refractivity contribution in [3.63, 3.8) is 0 Å². The van der Waals surface area contributed by atoms with Crippen molar-refractivity contribution in [1.29, 1.82) is 0 Å². The summed E-state index contributed by atoms with van der Waals surface area (Å²) in [7, 11) is 0. The summed E-state index contributed by atoms with van der Waals surface area (Å²) in [6.07, 6.45) is 1.05. The smallest absolute Gasteiger partial charge is 1.00 e. The Morgan fingerprint density at radius 1 is 0.810 bits per heavy atom. The number of hydrogen-bond acceptors (Lipinski definition) is 0. The van der Waals surface area contributed by atoms with Gasteiger partial charge in [0.2, 0.25) is 0 Å². The molecule has 0 radical (unpaired) electrons. The van der Waals surface area contributed by atoms with E-state index >= 15 is 0 Å². The predicted octanol–water partition coefficient (Wildman–Crippen LogP) is -1.53. The van der Waals surface area contributed by atoms with E-state index in [0.717, 1.165) is 6.42 Å². The molecule has 1 aliphatic rings. The fourth-order valence-electron chi connectivity index (χ4n) is 2.32. The average molecular weight is 320 g/mol. The molecule has 0 saturated carbocycles. The molecule has 3 aromatic rings. The van der Waals surface area contributed by atoms with Crippen LogP contribution in [0.4, 0.5) is 0 Å². The second-order valence-corrected chi connectivity index (χ2v) is 4.36. The standard InChI is InChI=1S/C13H9.C5H5.Cr.2FH/c1-3-7-12-10(5-1)9-11-6-2-4-8-13(11)12;1-2-4-5-3-1;;;/h1-5,7-8H,9H2;1-5H;;2*1H/q2*-1;+4;;/p-2. The molecule has 3 aromatic carbocycles. The minimum Gasteiger partial charge on any atom is -1.00 e. The van der Waals surface area contributed by atoms with Crippen molar-refractivity contribution in [2.75, 3.05) is 0 Å². The number of fused-ring (bicyclic) bond motifs is 3. The van der Waals surface area contributed by atoms with Crippen LogP contribution in [0.5, 0.6) is 0 Å². The Hall–Kier alpha value is -1.82. The van der Waals surface area contributed by atoms with Gasteiger partial charge < -0.3 is 9.41 Å². The summed E-state index contributed by atoms with van der Waals surface area (Å²) in [6.45, 7) is 0. The van der Waals surface area contributed by atoms with Gasteiger partial charge in [0.05, 0.1) is 0 Å². The van der Waals surface area contributed by atoms with Gasteiger partial charge in [0.1, 0.15) is 0 Å². The molecule has 21 heavy (non-hydrogen) atoms. The molecule has 0 unspecified atom stereocenters. The number of benzene rings is 2. The second-order valence-electron chi connectivity index (χ2n) is 4.36. The van der Waals surface area contributed by atoms with Gasteiger partial charge in [-0.05, 0) is 6.42 Å². The molecule has 106 valence electrons. The molecule has 1 aliphatic carbocycles. The van der Waals surface area contributed by atoms with Crippen molar-refractivity contribution in [2.24, 2.45) is 0 Å². The molecule has 3 heteroatoms. The Morgan fingerprint density at radius 2 is 1.48 bits per heavy atom. The zero-order valence-electron chi connectivity index (χ0n) is 11.3. The van der Waals surface area contributed by atoms with Crippen LogP contribution in [0.1, 0.15) is 11.1 Å². The van der Waals surface area contributed by atoms with Crippen LogP contribution in [-0.2, 0) is 23.8 Å². The van der Waals surface area contributed by atoms with Gasteiger partial charge in [-0.25, -0.2) is 12.1 Å². The third kappa shape index (κ3) is 4.32. The molecule has 0 spiro atoms. The first-order valence-electron chi connectivity index (χ1n) is 6.20.